The van der Waals surface area contributed by atoms with Gasteiger partial charge in [-0.05, 0) is 12.5 Å². The molecular formula is C18H17N5O3S2. The predicted octanol–water partition coefficient (Wildman–Crippen LogP) is 0.923. The fourth-order valence-electron chi connectivity index (χ4n) is 3.27. The Morgan fingerprint density at radius 2 is 2.11 bits per heavy atom. The average Bonchev–Trinajstić information content (AvgIpc) is 3.11. The summed E-state index contributed by atoms with van der Waals surface area (Å²) in [5, 5.41) is 8.75. The minimum absolute atomic E-state index is 0.185. The zero-order valence-electron chi connectivity index (χ0n) is 14.9. The zero-order valence-corrected chi connectivity index (χ0v) is 16.6. The summed E-state index contributed by atoms with van der Waals surface area (Å²) >= 11 is 5.40. The maximum absolute atomic E-state index is 12.7. The van der Waals surface area contributed by atoms with Crippen molar-refractivity contribution in [2.75, 3.05) is 5.75 Å². The number of amides is 2. The molecule has 1 fully saturated rings. The van der Waals surface area contributed by atoms with E-state index in [2.05, 4.69) is 33.1 Å². The van der Waals surface area contributed by atoms with E-state index in [1.165, 1.54) is 16.7 Å². The quantitative estimate of drug-likeness (QED) is 0.495. The highest BCUT2D eigenvalue weighted by Gasteiger charge is 2.54. The number of β-lactam (4-membered cyclic amide) rings is 1. The summed E-state index contributed by atoms with van der Waals surface area (Å²) < 4.78 is 0. The van der Waals surface area contributed by atoms with Crippen LogP contribution in [0.15, 0.2) is 36.0 Å². The maximum Gasteiger partial charge on any atom is 0.253 e. The number of aromatic amines is 1. The van der Waals surface area contributed by atoms with Crippen LogP contribution in [0.25, 0.3) is 5.57 Å². The van der Waals surface area contributed by atoms with Gasteiger partial charge in [-0.3, -0.25) is 24.4 Å². The predicted molar refractivity (Wildman–Crippen MR) is 107 cm³/mol. The number of rotatable bonds is 5. The fraction of sp³-hybridized carbons (Fsp3) is 0.278. The lowest BCUT2D eigenvalue weighted by Crippen LogP contribution is -2.70. The van der Waals surface area contributed by atoms with Gasteiger partial charge >= 0.3 is 0 Å². The normalized spacial score (nSPS) is 21.2. The highest BCUT2D eigenvalue weighted by molar-refractivity contribution is 8.00. The fourth-order valence-corrected chi connectivity index (χ4v) is 4.86. The van der Waals surface area contributed by atoms with Crippen molar-refractivity contribution in [2.45, 2.75) is 24.8 Å². The standard InChI is InChI=1S/C18H17N5O3S2/c1-9-19-15(22-21-9)11-8-28-17-13(16(25)23(17)14(11)18(26)27)20-12(24)7-10-5-3-2-4-6-10/h2-6,13,17H,7-8H2,1H3,(H,20,24)(H,26,27)(H,19,21,22)/t13-,17-/m1/s1. The number of thiol groups is 1. The highest BCUT2D eigenvalue weighted by atomic mass is 32.2. The van der Waals surface area contributed by atoms with Crippen LogP contribution < -0.4 is 5.32 Å². The van der Waals surface area contributed by atoms with E-state index in [1.54, 1.807) is 6.92 Å². The van der Waals surface area contributed by atoms with Crippen molar-refractivity contribution >= 4 is 46.9 Å². The van der Waals surface area contributed by atoms with Crippen LogP contribution in [0.5, 0.6) is 0 Å². The van der Waals surface area contributed by atoms with E-state index in [1.807, 2.05) is 30.3 Å². The van der Waals surface area contributed by atoms with Gasteiger partial charge in [0.05, 0.1) is 6.42 Å². The molecule has 0 spiro atoms. The molecule has 0 unspecified atom stereocenters. The molecular weight excluding hydrogens is 398 g/mol. The number of H-pyrrole nitrogens is 1. The number of aryl methyl sites for hydroxylation is 1. The molecule has 2 aromatic rings. The van der Waals surface area contributed by atoms with Gasteiger partial charge in [-0.2, -0.15) is 5.10 Å². The smallest absolute Gasteiger partial charge is 0.253 e. The maximum atomic E-state index is 12.7. The van der Waals surface area contributed by atoms with Crippen LogP contribution in [-0.4, -0.2) is 54.2 Å². The molecule has 10 heteroatoms. The summed E-state index contributed by atoms with van der Waals surface area (Å²) in [7, 11) is 0. The molecule has 8 nitrogen and oxygen atoms in total. The summed E-state index contributed by atoms with van der Waals surface area (Å²) in [6, 6.07) is 8.64. The molecule has 2 amide bonds. The lowest BCUT2D eigenvalue weighted by Gasteiger charge is -2.49. The van der Waals surface area contributed by atoms with Crippen LogP contribution in [0, 0.1) is 6.92 Å². The van der Waals surface area contributed by atoms with E-state index < -0.39 is 11.2 Å². The van der Waals surface area contributed by atoms with E-state index in [4.69, 9.17) is 0 Å². The number of hydrogen-bond acceptors (Lipinski definition) is 6. The van der Waals surface area contributed by atoms with E-state index in [-0.39, 0.29) is 29.3 Å². The van der Waals surface area contributed by atoms with Crippen molar-refractivity contribution in [3.8, 4) is 0 Å². The summed E-state index contributed by atoms with van der Waals surface area (Å²) in [5.41, 5.74) is 1.62. The van der Waals surface area contributed by atoms with E-state index >= 15 is 0 Å². The summed E-state index contributed by atoms with van der Waals surface area (Å²) in [4.78, 5) is 42.8. The first-order chi connectivity index (χ1) is 13.5. The summed E-state index contributed by atoms with van der Waals surface area (Å²) in [6.07, 6.45) is 0.192. The lowest BCUT2D eigenvalue weighted by atomic mass is 10.0. The van der Waals surface area contributed by atoms with Crippen LogP contribution in [0.4, 0.5) is 0 Å². The van der Waals surface area contributed by atoms with Gasteiger partial charge in [-0.15, -0.1) is 11.8 Å². The molecule has 144 valence electrons. The van der Waals surface area contributed by atoms with Gasteiger partial charge in [-0.25, -0.2) is 4.98 Å². The van der Waals surface area contributed by atoms with Crippen molar-refractivity contribution in [3.63, 3.8) is 0 Å². The SMILES string of the molecule is Cc1nc(C2=C(C(=O)S)N3C(=O)[C@@H](NC(=O)Cc4ccccc4)[C@H]3SC2)n[nH]1. The van der Waals surface area contributed by atoms with Crippen LogP contribution in [0.3, 0.4) is 0 Å². The van der Waals surface area contributed by atoms with Crippen molar-refractivity contribution in [1.29, 1.82) is 0 Å². The van der Waals surface area contributed by atoms with Crippen LogP contribution in [0.2, 0.25) is 0 Å². The number of nitrogens with one attached hydrogen (secondary N) is 2. The molecule has 0 bridgehead atoms. The first-order valence-electron chi connectivity index (χ1n) is 8.59. The van der Waals surface area contributed by atoms with Crippen molar-refractivity contribution in [2.24, 2.45) is 0 Å². The number of hydrogen-bond donors (Lipinski definition) is 3. The van der Waals surface area contributed by atoms with Crippen LogP contribution >= 0.6 is 24.4 Å². The van der Waals surface area contributed by atoms with Crippen molar-refractivity contribution in [3.05, 3.63) is 53.2 Å². The average molecular weight is 416 g/mol. The van der Waals surface area contributed by atoms with E-state index in [0.717, 1.165) is 5.56 Å². The van der Waals surface area contributed by atoms with Gasteiger partial charge < -0.3 is 5.32 Å². The molecule has 1 aromatic heterocycles. The number of fused-ring (bicyclic) bond motifs is 1. The van der Waals surface area contributed by atoms with Gasteiger partial charge in [0.1, 0.15) is 22.9 Å². The molecule has 2 aliphatic rings. The Bertz CT molecular complexity index is 988. The van der Waals surface area contributed by atoms with Crippen LogP contribution in [-0.2, 0) is 20.8 Å². The topological polar surface area (TPSA) is 108 Å². The van der Waals surface area contributed by atoms with Crippen molar-refractivity contribution < 1.29 is 14.4 Å². The number of carbonyl (C=O) groups excluding carboxylic acids is 3. The van der Waals surface area contributed by atoms with Gasteiger partial charge in [0, 0.05) is 11.3 Å². The Morgan fingerprint density at radius 3 is 2.75 bits per heavy atom. The first-order valence-corrected chi connectivity index (χ1v) is 10.1. The molecule has 1 saturated heterocycles. The van der Waals surface area contributed by atoms with Gasteiger partial charge in [0.25, 0.3) is 5.91 Å². The Kier molecular flexibility index (Phi) is 4.98. The molecule has 28 heavy (non-hydrogen) atoms. The molecule has 2 atom stereocenters. The van der Waals surface area contributed by atoms with Gasteiger partial charge in [0.15, 0.2) is 5.82 Å². The Hall–Kier alpha value is -2.59. The highest BCUT2D eigenvalue weighted by Crippen LogP contribution is 2.43. The van der Waals surface area contributed by atoms with Gasteiger partial charge in [0.2, 0.25) is 11.0 Å². The second-order valence-corrected chi connectivity index (χ2v) is 8.01. The van der Waals surface area contributed by atoms with Crippen LogP contribution in [0.1, 0.15) is 17.2 Å². The third kappa shape index (κ3) is 3.33. The van der Waals surface area contributed by atoms with Gasteiger partial charge in [-0.1, -0.05) is 43.0 Å². The summed E-state index contributed by atoms with van der Waals surface area (Å²) in [5.74, 6) is 0.869. The molecule has 0 saturated carbocycles. The molecule has 1 aromatic carbocycles. The Morgan fingerprint density at radius 1 is 1.36 bits per heavy atom. The van der Waals surface area contributed by atoms with E-state index in [9.17, 15) is 14.4 Å². The molecule has 0 radical (unpaired) electrons. The monoisotopic (exact) mass is 415 g/mol. The molecule has 2 N–H and O–H groups in total. The lowest BCUT2D eigenvalue weighted by molar-refractivity contribution is -0.146. The first kappa shape index (κ1) is 18.8. The van der Waals surface area contributed by atoms with E-state index in [0.29, 0.717) is 23.0 Å². The Balaban J connectivity index is 1.52. The minimum Gasteiger partial charge on any atom is -0.341 e. The molecule has 4 rings (SSSR count). The number of benzene rings is 1. The zero-order chi connectivity index (χ0) is 19.8. The number of aromatic nitrogens is 3. The number of nitrogens with zero attached hydrogens (tertiary/aromatic N) is 3. The second-order valence-electron chi connectivity index (χ2n) is 6.49. The number of carbonyl (C=O) groups is 3. The summed E-state index contributed by atoms with van der Waals surface area (Å²) in [6.45, 7) is 1.76. The minimum atomic E-state index is -0.667. The molecule has 3 heterocycles. The molecule has 0 aliphatic carbocycles. The number of thioether (sulfide) groups is 1. The van der Waals surface area contributed by atoms with Crippen molar-refractivity contribution in [1.82, 2.24) is 25.4 Å². The third-order valence-electron chi connectivity index (χ3n) is 4.56. The Labute approximate surface area is 170 Å². The largest absolute Gasteiger partial charge is 0.341 e. The third-order valence-corrected chi connectivity index (χ3v) is 6.05. The second kappa shape index (κ2) is 7.44. The molecule has 2 aliphatic heterocycles.